The molecule has 1 unspecified atom stereocenters. The average molecular weight is 462 g/mol. The topological polar surface area (TPSA) is 48.9 Å². The van der Waals surface area contributed by atoms with E-state index in [9.17, 15) is 0 Å². The molecule has 0 aromatic heterocycles. The van der Waals surface area contributed by atoms with Crippen molar-refractivity contribution in [1.82, 2.24) is 15.5 Å². The van der Waals surface area contributed by atoms with Gasteiger partial charge in [-0.2, -0.15) is 0 Å². The van der Waals surface area contributed by atoms with Crippen LogP contribution in [0.5, 0.6) is 5.75 Å². The molecule has 0 saturated heterocycles. The zero-order valence-corrected chi connectivity index (χ0v) is 18.9. The van der Waals surface area contributed by atoms with Gasteiger partial charge in [-0.15, -0.1) is 24.0 Å². The summed E-state index contributed by atoms with van der Waals surface area (Å²) in [6.45, 7) is 12.8. The number of methoxy groups -OCH3 is 1. The van der Waals surface area contributed by atoms with E-state index in [0.29, 0.717) is 0 Å². The molecule has 0 saturated carbocycles. The van der Waals surface area contributed by atoms with Crippen LogP contribution in [0.2, 0.25) is 0 Å². The Morgan fingerprint density at radius 1 is 1.28 bits per heavy atom. The summed E-state index contributed by atoms with van der Waals surface area (Å²) in [5.74, 6) is 1.72. The van der Waals surface area contributed by atoms with Crippen molar-refractivity contribution in [2.75, 3.05) is 40.3 Å². The van der Waals surface area contributed by atoms with Gasteiger partial charge in [0.05, 0.1) is 13.2 Å². The van der Waals surface area contributed by atoms with Crippen molar-refractivity contribution in [1.29, 1.82) is 0 Å². The van der Waals surface area contributed by atoms with Gasteiger partial charge in [-0.1, -0.05) is 31.5 Å². The first kappa shape index (κ1) is 24.0. The highest BCUT2D eigenvalue weighted by Crippen LogP contribution is 2.25. The largest absolute Gasteiger partial charge is 0.496 e. The van der Waals surface area contributed by atoms with Crippen molar-refractivity contribution in [3.8, 4) is 5.75 Å². The van der Waals surface area contributed by atoms with Crippen molar-refractivity contribution in [2.45, 2.75) is 40.2 Å². The molecule has 144 valence electrons. The van der Waals surface area contributed by atoms with Crippen LogP contribution in [0.3, 0.4) is 0 Å². The van der Waals surface area contributed by atoms with Gasteiger partial charge < -0.3 is 20.3 Å². The SMILES string of the molecule is CCCN(CC)CCNC(=NC)NC(C)c1cc(C)ccc1OC.I. The van der Waals surface area contributed by atoms with E-state index >= 15 is 0 Å². The van der Waals surface area contributed by atoms with Gasteiger partial charge in [0, 0.05) is 25.7 Å². The van der Waals surface area contributed by atoms with E-state index in [-0.39, 0.29) is 30.0 Å². The number of ether oxygens (including phenoxy) is 1. The summed E-state index contributed by atoms with van der Waals surface area (Å²) < 4.78 is 5.48. The smallest absolute Gasteiger partial charge is 0.191 e. The Hall–Kier alpha value is -1.02. The van der Waals surface area contributed by atoms with Crippen molar-refractivity contribution >= 4 is 29.9 Å². The monoisotopic (exact) mass is 462 g/mol. The van der Waals surface area contributed by atoms with Crippen molar-refractivity contribution in [2.24, 2.45) is 4.99 Å². The third-order valence-electron chi connectivity index (χ3n) is 4.14. The maximum Gasteiger partial charge on any atom is 0.191 e. The highest BCUT2D eigenvalue weighted by Gasteiger charge is 2.13. The summed E-state index contributed by atoms with van der Waals surface area (Å²) in [5.41, 5.74) is 2.36. The van der Waals surface area contributed by atoms with Crippen LogP contribution in [0.1, 0.15) is 44.4 Å². The minimum absolute atomic E-state index is 0. The molecular weight excluding hydrogens is 427 g/mol. The minimum atomic E-state index is 0. The van der Waals surface area contributed by atoms with Crippen LogP contribution < -0.4 is 15.4 Å². The minimum Gasteiger partial charge on any atom is -0.496 e. The second-order valence-corrected chi connectivity index (χ2v) is 6.04. The highest BCUT2D eigenvalue weighted by atomic mass is 127. The number of nitrogens with zero attached hydrogens (tertiary/aromatic N) is 2. The molecule has 0 fully saturated rings. The third kappa shape index (κ3) is 8.27. The van der Waals surface area contributed by atoms with Crippen LogP contribution in [0.4, 0.5) is 0 Å². The molecule has 1 rings (SSSR count). The second-order valence-electron chi connectivity index (χ2n) is 6.04. The third-order valence-corrected chi connectivity index (χ3v) is 4.14. The molecule has 0 amide bonds. The Morgan fingerprint density at radius 3 is 2.56 bits per heavy atom. The molecule has 5 nitrogen and oxygen atoms in total. The predicted octanol–water partition coefficient (Wildman–Crippen LogP) is 3.58. The van der Waals surface area contributed by atoms with Crippen molar-refractivity contribution in [3.63, 3.8) is 0 Å². The van der Waals surface area contributed by atoms with Crippen LogP contribution in [-0.2, 0) is 0 Å². The van der Waals surface area contributed by atoms with Gasteiger partial charge >= 0.3 is 0 Å². The average Bonchev–Trinajstić information content (AvgIpc) is 2.59. The number of halogens is 1. The van der Waals surface area contributed by atoms with Crippen molar-refractivity contribution in [3.05, 3.63) is 29.3 Å². The molecule has 0 heterocycles. The number of hydrogen-bond donors (Lipinski definition) is 2. The summed E-state index contributed by atoms with van der Waals surface area (Å²) in [4.78, 5) is 6.77. The lowest BCUT2D eigenvalue weighted by molar-refractivity contribution is 0.292. The Morgan fingerprint density at radius 2 is 2.00 bits per heavy atom. The van der Waals surface area contributed by atoms with E-state index in [1.807, 2.05) is 6.07 Å². The molecule has 1 atom stereocenters. The Bertz CT molecular complexity index is 522. The Labute approximate surface area is 170 Å². The molecule has 25 heavy (non-hydrogen) atoms. The normalized spacial score (nSPS) is 12.5. The zero-order valence-electron chi connectivity index (χ0n) is 16.6. The fraction of sp³-hybridized carbons (Fsp3) is 0.632. The molecule has 2 N–H and O–H groups in total. The number of benzene rings is 1. The van der Waals surface area contributed by atoms with Crippen molar-refractivity contribution < 1.29 is 4.74 Å². The van der Waals surface area contributed by atoms with Gasteiger partial charge in [0.15, 0.2) is 5.96 Å². The van der Waals surface area contributed by atoms with Gasteiger partial charge in [-0.25, -0.2) is 0 Å². The molecule has 6 heteroatoms. The first-order chi connectivity index (χ1) is 11.5. The van der Waals surface area contributed by atoms with Crippen LogP contribution >= 0.6 is 24.0 Å². The summed E-state index contributed by atoms with van der Waals surface area (Å²) in [7, 11) is 3.51. The fourth-order valence-electron chi connectivity index (χ4n) is 2.75. The van der Waals surface area contributed by atoms with Gasteiger partial charge in [-0.05, 0) is 39.4 Å². The van der Waals surface area contributed by atoms with Crippen LogP contribution in [0, 0.1) is 6.92 Å². The molecule has 0 bridgehead atoms. The molecule has 0 spiro atoms. The highest BCUT2D eigenvalue weighted by molar-refractivity contribution is 14.0. The lowest BCUT2D eigenvalue weighted by atomic mass is 10.0. The molecular formula is C19H35IN4O. The molecule has 1 aromatic rings. The van der Waals surface area contributed by atoms with E-state index < -0.39 is 0 Å². The number of aryl methyl sites for hydroxylation is 1. The lowest BCUT2D eigenvalue weighted by Gasteiger charge is -2.23. The quantitative estimate of drug-likeness (QED) is 0.335. The predicted molar refractivity (Wildman–Crippen MR) is 118 cm³/mol. The van der Waals surface area contributed by atoms with E-state index in [1.165, 1.54) is 12.0 Å². The lowest BCUT2D eigenvalue weighted by Crippen LogP contribution is -2.42. The second kappa shape index (κ2) is 13.2. The van der Waals surface area contributed by atoms with Gasteiger partial charge in [-0.3, -0.25) is 4.99 Å². The number of hydrogen-bond acceptors (Lipinski definition) is 3. The molecule has 0 aliphatic carbocycles. The van der Waals surface area contributed by atoms with E-state index in [2.05, 4.69) is 60.4 Å². The molecule has 0 radical (unpaired) electrons. The van der Waals surface area contributed by atoms with Crippen LogP contribution in [-0.4, -0.2) is 51.2 Å². The first-order valence-electron chi connectivity index (χ1n) is 8.89. The van der Waals surface area contributed by atoms with E-state index in [1.54, 1.807) is 14.2 Å². The van der Waals surface area contributed by atoms with Gasteiger partial charge in [0.25, 0.3) is 0 Å². The molecule has 1 aromatic carbocycles. The zero-order chi connectivity index (χ0) is 17.9. The Kier molecular flexibility index (Phi) is 12.7. The number of guanidine groups is 1. The maximum absolute atomic E-state index is 5.48. The summed E-state index contributed by atoms with van der Waals surface area (Å²) in [6.07, 6.45) is 1.19. The van der Waals surface area contributed by atoms with E-state index in [0.717, 1.165) is 43.5 Å². The van der Waals surface area contributed by atoms with E-state index in [4.69, 9.17) is 4.74 Å². The first-order valence-corrected chi connectivity index (χ1v) is 8.89. The van der Waals surface area contributed by atoms with Crippen LogP contribution in [0.15, 0.2) is 23.2 Å². The van der Waals surface area contributed by atoms with Gasteiger partial charge in [0.2, 0.25) is 0 Å². The summed E-state index contributed by atoms with van der Waals surface area (Å²) in [5, 5.41) is 6.85. The fourth-order valence-corrected chi connectivity index (χ4v) is 2.75. The molecule has 0 aliphatic heterocycles. The number of nitrogens with one attached hydrogen (secondary N) is 2. The molecule has 0 aliphatic rings. The van der Waals surface area contributed by atoms with Gasteiger partial charge in [0.1, 0.15) is 5.75 Å². The van der Waals surface area contributed by atoms with Crippen LogP contribution in [0.25, 0.3) is 0 Å². The maximum atomic E-state index is 5.48. The number of likely N-dealkylation sites (N-methyl/N-ethyl adjacent to an activating group) is 1. The number of rotatable bonds is 9. The number of aliphatic imine (C=N–C) groups is 1. The summed E-state index contributed by atoms with van der Waals surface area (Å²) in [6, 6.07) is 6.35. The summed E-state index contributed by atoms with van der Waals surface area (Å²) >= 11 is 0. The standard InChI is InChI=1S/C19H34N4O.HI/c1-7-12-23(8-2)13-11-21-19(20-5)22-16(4)17-14-15(3)9-10-18(17)24-6;/h9-10,14,16H,7-8,11-13H2,1-6H3,(H2,20,21,22);1H. The Balaban J connectivity index is 0.00000576.